The lowest BCUT2D eigenvalue weighted by Gasteiger charge is -2.10. The van der Waals surface area contributed by atoms with Crippen molar-refractivity contribution in [2.45, 2.75) is 19.9 Å². The first-order valence-electron chi connectivity index (χ1n) is 6.65. The topological polar surface area (TPSA) is 70.1 Å². The molecule has 20 heavy (non-hydrogen) atoms. The molecule has 5 heteroatoms. The first-order chi connectivity index (χ1) is 9.72. The van der Waals surface area contributed by atoms with Gasteiger partial charge in [0.2, 0.25) is 5.78 Å². The minimum atomic E-state index is -0.0785. The maximum atomic E-state index is 12.8. The van der Waals surface area contributed by atoms with E-state index in [1.165, 1.54) is 0 Å². The van der Waals surface area contributed by atoms with Crippen LogP contribution in [0.3, 0.4) is 0 Å². The summed E-state index contributed by atoms with van der Waals surface area (Å²) in [5.74, 6) is 0.421. The second kappa shape index (κ2) is 6.34. The summed E-state index contributed by atoms with van der Waals surface area (Å²) >= 11 is 0. The van der Waals surface area contributed by atoms with Gasteiger partial charge in [0, 0.05) is 12.1 Å². The van der Waals surface area contributed by atoms with Crippen LogP contribution in [0.2, 0.25) is 0 Å². The lowest BCUT2D eigenvalue weighted by Crippen LogP contribution is -2.15. The number of carbonyl (C=O) groups is 1. The maximum absolute atomic E-state index is 12.8. The van der Waals surface area contributed by atoms with Crippen molar-refractivity contribution in [3.63, 3.8) is 0 Å². The molecular weight excluding hydrogens is 254 g/mol. The van der Waals surface area contributed by atoms with Gasteiger partial charge in [-0.2, -0.15) is 5.10 Å². The highest BCUT2D eigenvalue weighted by Gasteiger charge is 2.22. The Morgan fingerprint density at radius 2 is 2.15 bits per heavy atom. The molecule has 0 radical (unpaired) electrons. The second-order valence-electron chi connectivity index (χ2n) is 4.40. The Morgan fingerprint density at radius 3 is 2.80 bits per heavy atom. The summed E-state index contributed by atoms with van der Waals surface area (Å²) in [6, 6.07) is 7.52. The Kier molecular flexibility index (Phi) is 4.53. The van der Waals surface area contributed by atoms with Crippen LogP contribution in [0, 0.1) is 0 Å². The number of hydrogen-bond acceptors (Lipinski definition) is 4. The predicted octanol–water partition coefficient (Wildman–Crippen LogP) is 1.64. The number of nitrogens with zero attached hydrogens (tertiary/aromatic N) is 2. The highest BCUT2D eigenvalue weighted by molar-refractivity contribution is 6.10. The van der Waals surface area contributed by atoms with Gasteiger partial charge in [0.25, 0.3) is 0 Å². The van der Waals surface area contributed by atoms with E-state index in [-0.39, 0.29) is 5.78 Å². The number of carbonyl (C=O) groups excluding carboxylic acids is 1. The van der Waals surface area contributed by atoms with Crippen molar-refractivity contribution >= 4 is 5.78 Å². The average molecular weight is 273 g/mol. The van der Waals surface area contributed by atoms with E-state index in [9.17, 15) is 4.79 Å². The highest BCUT2D eigenvalue weighted by Crippen LogP contribution is 2.23. The van der Waals surface area contributed by atoms with Crippen LogP contribution in [0.25, 0.3) is 0 Å². The van der Waals surface area contributed by atoms with Crippen molar-refractivity contribution in [1.29, 1.82) is 0 Å². The third-order valence-corrected chi connectivity index (χ3v) is 3.22. The Labute approximate surface area is 118 Å². The first-order valence-corrected chi connectivity index (χ1v) is 6.65. The van der Waals surface area contributed by atoms with Crippen LogP contribution in [0.4, 0.5) is 0 Å². The molecule has 0 amide bonds. The smallest absolute Gasteiger partial charge is 0.215 e. The molecule has 2 N–H and O–H groups in total. The van der Waals surface area contributed by atoms with E-state index in [4.69, 9.17) is 10.5 Å². The molecular formula is C15H19N3O2. The summed E-state index contributed by atoms with van der Waals surface area (Å²) in [4.78, 5) is 12.8. The molecule has 5 nitrogen and oxygen atoms in total. The molecule has 0 saturated carbocycles. The number of rotatable bonds is 6. The molecule has 0 spiro atoms. The standard InChI is InChI=1S/C15H19N3O2/c1-3-18-14(13(20-2)10-17-18)15(19)12-7-5-4-6-11(12)8-9-16/h4-7,10H,3,8-9,16H2,1-2H3. The number of aryl methyl sites for hydroxylation is 1. The molecule has 0 fully saturated rings. The number of nitrogens with two attached hydrogens (primary N) is 1. The van der Waals surface area contributed by atoms with E-state index in [1.54, 1.807) is 18.0 Å². The summed E-state index contributed by atoms with van der Waals surface area (Å²) < 4.78 is 6.89. The van der Waals surface area contributed by atoms with Crippen molar-refractivity contribution in [2.75, 3.05) is 13.7 Å². The van der Waals surface area contributed by atoms with Crippen LogP contribution >= 0.6 is 0 Å². The highest BCUT2D eigenvalue weighted by atomic mass is 16.5. The van der Waals surface area contributed by atoms with Gasteiger partial charge in [0.15, 0.2) is 11.4 Å². The van der Waals surface area contributed by atoms with E-state index >= 15 is 0 Å². The van der Waals surface area contributed by atoms with Crippen LogP contribution < -0.4 is 10.5 Å². The zero-order valence-corrected chi connectivity index (χ0v) is 11.8. The summed E-state index contributed by atoms with van der Waals surface area (Å²) in [5.41, 5.74) is 7.70. The third kappa shape index (κ3) is 2.58. The molecule has 0 aliphatic rings. The van der Waals surface area contributed by atoms with Gasteiger partial charge in [0.1, 0.15) is 0 Å². The lowest BCUT2D eigenvalue weighted by molar-refractivity contribution is 0.102. The zero-order chi connectivity index (χ0) is 14.5. The van der Waals surface area contributed by atoms with Crippen molar-refractivity contribution < 1.29 is 9.53 Å². The van der Waals surface area contributed by atoms with E-state index in [0.29, 0.717) is 36.5 Å². The fraction of sp³-hybridized carbons (Fsp3) is 0.333. The van der Waals surface area contributed by atoms with Crippen LogP contribution in [0.15, 0.2) is 30.5 Å². The second-order valence-corrected chi connectivity index (χ2v) is 4.40. The molecule has 0 unspecified atom stereocenters. The quantitative estimate of drug-likeness (QED) is 0.812. The van der Waals surface area contributed by atoms with Gasteiger partial charge < -0.3 is 10.5 Å². The molecule has 0 aliphatic carbocycles. The van der Waals surface area contributed by atoms with Gasteiger partial charge in [0.05, 0.1) is 13.3 Å². The fourth-order valence-corrected chi connectivity index (χ4v) is 2.23. The molecule has 1 heterocycles. The van der Waals surface area contributed by atoms with Crippen molar-refractivity contribution in [1.82, 2.24) is 9.78 Å². The summed E-state index contributed by atoms with van der Waals surface area (Å²) in [6.07, 6.45) is 2.24. The Bertz CT molecular complexity index is 583. The largest absolute Gasteiger partial charge is 0.493 e. The van der Waals surface area contributed by atoms with Crippen molar-refractivity contribution in [3.05, 3.63) is 47.3 Å². The zero-order valence-electron chi connectivity index (χ0n) is 11.8. The van der Waals surface area contributed by atoms with Crippen LogP contribution in [-0.2, 0) is 13.0 Å². The Balaban J connectivity index is 2.49. The summed E-state index contributed by atoms with van der Waals surface area (Å²) in [6.45, 7) is 3.06. The molecule has 1 aromatic carbocycles. The molecule has 2 aromatic rings. The minimum Gasteiger partial charge on any atom is -0.493 e. The monoisotopic (exact) mass is 273 g/mol. The van der Waals surface area contributed by atoms with E-state index in [2.05, 4.69) is 5.10 Å². The molecule has 106 valence electrons. The molecule has 2 rings (SSSR count). The van der Waals surface area contributed by atoms with Crippen molar-refractivity contribution in [2.24, 2.45) is 5.73 Å². The van der Waals surface area contributed by atoms with Gasteiger partial charge in [-0.15, -0.1) is 0 Å². The third-order valence-electron chi connectivity index (χ3n) is 3.22. The average Bonchev–Trinajstić information content (AvgIpc) is 2.90. The molecule has 0 saturated heterocycles. The SMILES string of the molecule is CCn1ncc(OC)c1C(=O)c1ccccc1CCN. The summed E-state index contributed by atoms with van der Waals surface area (Å²) in [7, 11) is 1.54. The summed E-state index contributed by atoms with van der Waals surface area (Å²) in [5, 5.41) is 4.17. The number of aromatic nitrogens is 2. The molecule has 0 bridgehead atoms. The van der Waals surface area contributed by atoms with E-state index in [1.807, 2.05) is 31.2 Å². The number of ether oxygens (including phenoxy) is 1. The van der Waals surface area contributed by atoms with Gasteiger partial charge in [-0.25, -0.2) is 0 Å². The van der Waals surface area contributed by atoms with Crippen molar-refractivity contribution in [3.8, 4) is 5.75 Å². The normalized spacial score (nSPS) is 10.6. The number of methoxy groups -OCH3 is 1. The molecule has 0 aliphatic heterocycles. The van der Waals surface area contributed by atoms with Gasteiger partial charge in [-0.1, -0.05) is 24.3 Å². The maximum Gasteiger partial charge on any atom is 0.215 e. The number of hydrogen-bond donors (Lipinski definition) is 1. The van der Waals surface area contributed by atoms with E-state index in [0.717, 1.165) is 5.56 Å². The van der Waals surface area contributed by atoms with Crippen LogP contribution in [0.5, 0.6) is 5.75 Å². The first kappa shape index (κ1) is 14.3. The van der Waals surface area contributed by atoms with Gasteiger partial charge in [-0.05, 0) is 25.5 Å². The van der Waals surface area contributed by atoms with Crippen LogP contribution in [-0.4, -0.2) is 29.2 Å². The Morgan fingerprint density at radius 1 is 1.40 bits per heavy atom. The minimum absolute atomic E-state index is 0.0785. The molecule has 1 aromatic heterocycles. The number of ketones is 1. The fourth-order valence-electron chi connectivity index (χ4n) is 2.23. The van der Waals surface area contributed by atoms with Gasteiger partial charge in [-0.3, -0.25) is 9.48 Å². The lowest BCUT2D eigenvalue weighted by atomic mass is 9.99. The van der Waals surface area contributed by atoms with Gasteiger partial charge >= 0.3 is 0 Å². The van der Waals surface area contributed by atoms with Crippen LogP contribution in [0.1, 0.15) is 28.5 Å². The number of benzene rings is 1. The Hall–Kier alpha value is -2.14. The van der Waals surface area contributed by atoms with E-state index < -0.39 is 0 Å². The molecule has 0 atom stereocenters. The predicted molar refractivity (Wildman–Crippen MR) is 77.1 cm³/mol.